The van der Waals surface area contributed by atoms with Crippen LogP contribution in [-0.2, 0) is 32.6 Å². The Morgan fingerprint density at radius 3 is 2.13 bits per heavy atom. The number of amides is 2. The highest BCUT2D eigenvalue weighted by atomic mass is 35.5. The third-order valence-corrected chi connectivity index (χ3v) is 9.49. The van der Waals surface area contributed by atoms with Gasteiger partial charge in [0.2, 0.25) is 11.8 Å². The van der Waals surface area contributed by atoms with Crippen molar-refractivity contribution < 1.29 is 22.7 Å². The Kier molecular flexibility index (Phi) is 11.6. The zero-order valence-corrected chi connectivity index (χ0v) is 27.2. The maximum atomic E-state index is 14.6. The minimum atomic E-state index is -4.24. The average molecular weight is 648 g/mol. The fourth-order valence-corrected chi connectivity index (χ4v) is 6.55. The van der Waals surface area contributed by atoms with E-state index >= 15 is 0 Å². The molecule has 4 aromatic rings. The number of hydrogen-bond acceptors (Lipinski definition) is 5. The maximum Gasteiger partial charge on any atom is 0.264 e. The van der Waals surface area contributed by atoms with Gasteiger partial charge in [0.15, 0.2) is 0 Å². The summed E-state index contributed by atoms with van der Waals surface area (Å²) in [4.78, 5) is 29.9. The van der Waals surface area contributed by atoms with Crippen LogP contribution in [0.15, 0.2) is 114 Å². The Hall–Kier alpha value is -4.34. The van der Waals surface area contributed by atoms with Crippen molar-refractivity contribution in [3.63, 3.8) is 0 Å². The van der Waals surface area contributed by atoms with E-state index in [0.29, 0.717) is 17.0 Å². The largest absolute Gasteiger partial charge is 0.495 e. The van der Waals surface area contributed by atoms with Gasteiger partial charge in [-0.1, -0.05) is 91.3 Å². The van der Waals surface area contributed by atoms with Gasteiger partial charge in [0.1, 0.15) is 18.3 Å². The van der Waals surface area contributed by atoms with Crippen molar-refractivity contribution >= 4 is 39.1 Å². The summed E-state index contributed by atoms with van der Waals surface area (Å²) in [7, 11) is -2.80. The summed E-state index contributed by atoms with van der Waals surface area (Å²) in [6, 6.07) is 29.9. The van der Waals surface area contributed by atoms with Gasteiger partial charge in [-0.3, -0.25) is 13.9 Å². The van der Waals surface area contributed by atoms with Gasteiger partial charge < -0.3 is 15.0 Å². The molecule has 0 heterocycles. The molecule has 0 aromatic heterocycles. The van der Waals surface area contributed by atoms with Crippen molar-refractivity contribution in [3.8, 4) is 5.75 Å². The number of hydrogen-bond donors (Lipinski definition) is 1. The number of nitrogens with one attached hydrogen (secondary N) is 1. The molecule has 0 spiro atoms. The third-order valence-electron chi connectivity index (χ3n) is 7.48. The number of halogens is 1. The molecular formula is C35H38ClN3O5S. The minimum Gasteiger partial charge on any atom is -0.495 e. The minimum absolute atomic E-state index is 0.0143. The predicted octanol–water partition coefficient (Wildman–Crippen LogP) is 6.10. The standard InChI is InChI=1S/C35H38ClN3O5S/c1-4-26(2)37-35(41)32(23-27-14-7-5-8-15-27)38(24-28-16-13-17-29(36)22-28)34(40)25-39(31-20-11-12-21-33(31)44-3)45(42,43)30-18-9-6-10-19-30/h5-22,26,32H,4,23-25H2,1-3H3,(H,37,41)/t26-,32-/m1/s1. The number of ether oxygens (including phenoxy) is 1. The number of carbonyl (C=O) groups is 2. The number of anilines is 1. The van der Waals surface area contributed by atoms with Crippen molar-refractivity contribution in [3.05, 3.63) is 125 Å². The van der Waals surface area contributed by atoms with Crippen molar-refractivity contribution in [2.24, 2.45) is 0 Å². The molecule has 0 aliphatic rings. The summed E-state index contributed by atoms with van der Waals surface area (Å²) in [6.07, 6.45) is 0.915. The van der Waals surface area contributed by atoms with Crippen molar-refractivity contribution in [2.45, 2.75) is 50.2 Å². The lowest BCUT2D eigenvalue weighted by atomic mass is 10.0. The van der Waals surface area contributed by atoms with Gasteiger partial charge in [-0.2, -0.15) is 0 Å². The zero-order chi connectivity index (χ0) is 32.4. The SMILES string of the molecule is CC[C@@H](C)NC(=O)[C@@H](Cc1ccccc1)N(Cc1cccc(Cl)c1)C(=O)CN(c1ccccc1OC)S(=O)(=O)c1ccccc1. The molecule has 236 valence electrons. The number of carbonyl (C=O) groups excluding carboxylic acids is 2. The fraction of sp³-hybridized carbons (Fsp3) is 0.257. The van der Waals surface area contributed by atoms with Crippen LogP contribution in [0, 0.1) is 0 Å². The molecular weight excluding hydrogens is 610 g/mol. The van der Waals surface area contributed by atoms with Crippen LogP contribution in [-0.4, -0.2) is 50.9 Å². The van der Waals surface area contributed by atoms with Crippen molar-refractivity contribution in [1.82, 2.24) is 10.2 Å². The lowest BCUT2D eigenvalue weighted by Gasteiger charge is -2.34. The van der Waals surface area contributed by atoms with Gasteiger partial charge in [-0.05, 0) is 60.9 Å². The molecule has 0 saturated heterocycles. The van der Waals surface area contributed by atoms with Crippen LogP contribution in [0.1, 0.15) is 31.4 Å². The smallest absolute Gasteiger partial charge is 0.264 e. The molecule has 2 atom stereocenters. The summed E-state index contributed by atoms with van der Waals surface area (Å²) in [5, 5.41) is 3.51. The summed E-state index contributed by atoms with van der Waals surface area (Å²) < 4.78 is 34.8. The molecule has 45 heavy (non-hydrogen) atoms. The molecule has 2 amide bonds. The van der Waals surface area contributed by atoms with E-state index in [1.807, 2.05) is 50.2 Å². The summed E-state index contributed by atoms with van der Waals surface area (Å²) in [5.41, 5.74) is 1.74. The quantitative estimate of drug-likeness (QED) is 0.179. The fourth-order valence-electron chi connectivity index (χ4n) is 4.90. The van der Waals surface area contributed by atoms with E-state index in [9.17, 15) is 18.0 Å². The molecule has 1 N–H and O–H groups in total. The van der Waals surface area contributed by atoms with Gasteiger partial charge in [-0.25, -0.2) is 8.42 Å². The molecule has 10 heteroatoms. The molecule has 4 aromatic carbocycles. The Bertz CT molecular complexity index is 1690. The van der Waals surface area contributed by atoms with Crippen molar-refractivity contribution in [2.75, 3.05) is 18.0 Å². The number of nitrogens with zero attached hydrogens (tertiary/aromatic N) is 2. The number of para-hydroxylation sites is 2. The highest BCUT2D eigenvalue weighted by Gasteiger charge is 2.35. The van der Waals surface area contributed by atoms with Crippen LogP contribution in [0.25, 0.3) is 0 Å². The first-order chi connectivity index (χ1) is 21.6. The normalized spacial score (nSPS) is 12.5. The van der Waals surface area contributed by atoms with Crippen LogP contribution in [0.2, 0.25) is 5.02 Å². The number of sulfonamides is 1. The average Bonchev–Trinajstić information content (AvgIpc) is 3.05. The molecule has 0 saturated carbocycles. The van der Waals surface area contributed by atoms with E-state index in [2.05, 4.69) is 5.32 Å². The lowest BCUT2D eigenvalue weighted by molar-refractivity contribution is -0.140. The molecule has 0 fully saturated rings. The van der Waals surface area contributed by atoms with Crippen LogP contribution < -0.4 is 14.4 Å². The van der Waals surface area contributed by atoms with Gasteiger partial charge in [0.05, 0.1) is 17.7 Å². The summed E-state index contributed by atoms with van der Waals surface area (Å²) >= 11 is 6.31. The maximum absolute atomic E-state index is 14.6. The molecule has 4 rings (SSSR count). The van der Waals surface area contributed by atoms with Crippen LogP contribution in [0.5, 0.6) is 5.75 Å². The third kappa shape index (κ3) is 8.65. The molecule has 0 unspecified atom stereocenters. The number of methoxy groups -OCH3 is 1. The van der Waals surface area contributed by atoms with Gasteiger partial charge in [-0.15, -0.1) is 0 Å². The summed E-state index contributed by atoms with van der Waals surface area (Å²) in [5.74, 6) is -0.625. The molecule has 0 bridgehead atoms. The highest BCUT2D eigenvalue weighted by molar-refractivity contribution is 7.92. The van der Waals surface area contributed by atoms with Gasteiger partial charge in [0, 0.05) is 24.0 Å². The monoisotopic (exact) mass is 647 g/mol. The number of rotatable bonds is 14. The Balaban J connectivity index is 1.83. The first-order valence-electron chi connectivity index (χ1n) is 14.7. The molecule has 0 aliphatic carbocycles. The Morgan fingerprint density at radius 1 is 0.867 bits per heavy atom. The van der Waals surface area contributed by atoms with Crippen LogP contribution >= 0.6 is 11.6 Å². The van der Waals surface area contributed by atoms with E-state index in [4.69, 9.17) is 16.3 Å². The second-order valence-electron chi connectivity index (χ2n) is 10.7. The van der Waals surface area contributed by atoms with E-state index in [-0.39, 0.29) is 41.2 Å². The Morgan fingerprint density at radius 2 is 1.49 bits per heavy atom. The summed E-state index contributed by atoms with van der Waals surface area (Å²) in [6.45, 7) is 3.30. The second kappa shape index (κ2) is 15.6. The van der Waals surface area contributed by atoms with Crippen LogP contribution in [0.4, 0.5) is 5.69 Å². The van der Waals surface area contributed by atoms with Gasteiger partial charge >= 0.3 is 0 Å². The Labute approximate surface area is 270 Å². The predicted molar refractivity (Wildman–Crippen MR) is 178 cm³/mol. The topological polar surface area (TPSA) is 96.0 Å². The van der Waals surface area contributed by atoms with E-state index in [1.54, 1.807) is 60.7 Å². The molecule has 0 aliphatic heterocycles. The first kappa shape index (κ1) is 33.6. The first-order valence-corrected chi connectivity index (χ1v) is 16.5. The van der Waals surface area contributed by atoms with E-state index < -0.39 is 28.5 Å². The van der Waals surface area contributed by atoms with E-state index in [1.165, 1.54) is 24.1 Å². The van der Waals surface area contributed by atoms with E-state index in [0.717, 1.165) is 9.87 Å². The number of benzene rings is 4. The highest BCUT2D eigenvalue weighted by Crippen LogP contribution is 2.32. The zero-order valence-electron chi connectivity index (χ0n) is 25.6. The van der Waals surface area contributed by atoms with Crippen LogP contribution in [0.3, 0.4) is 0 Å². The molecule has 8 nitrogen and oxygen atoms in total. The second-order valence-corrected chi connectivity index (χ2v) is 13.0. The lowest BCUT2D eigenvalue weighted by Crippen LogP contribution is -2.54. The van der Waals surface area contributed by atoms with Crippen molar-refractivity contribution in [1.29, 1.82) is 0 Å². The molecule has 0 radical (unpaired) electrons. The van der Waals surface area contributed by atoms with Gasteiger partial charge in [0.25, 0.3) is 10.0 Å².